The van der Waals surface area contributed by atoms with E-state index in [0.717, 1.165) is 29.3 Å². The largest absolute Gasteiger partial charge is 0.228 e. The van der Waals surface area contributed by atoms with Gasteiger partial charge in [-0.25, -0.2) is 8.42 Å². The zero-order valence-electron chi connectivity index (χ0n) is 11.0. The first kappa shape index (κ1) is 15.7. The second kappa shape index (κ2) is 7.29. The van der Waals surface area contributed by atoms with Crippen LogP contribution in [0.25, 0.3) is 0 Å². The predicted octanol–water partition coefficient (Wildman–Crippen LogP) is 4.19. The Kier molecular flexibility index (Phi) is 6.36. The molecule has 0 fully saturated rings. The van der Waals surface area contributed by atoms with Crippen LogP contribution in [0.1, 0.15) is 38.7 Å². The Morgan fingerprint density at radius 3 is 2.39 bits per heavy atom. The third-order valence-electron chi connectivity index (χ3n) is 3.15. The molecule has 0 amide bonds. The van der Waals surface area contributed by atoms with Gasteiger partial charge in [0, 0.05) is 4.47 Å². The molecule has 0 aliphatic heterocycles. The fourth-order valence-electron chi connectivity index (χ4n) is 1.76. The highest BCUT2D eigenvalue weighted by Crippen LogP contribution is 2.15. The Hall–Kier alpha value is -0.350. The smallest absolute Gasteiger partial charge is 0.154 e. The molecule has 1 rings (SSSR count). The van der Waals surface area contributed by atoms with Crippen molar-refractivity contribution in [2.45, 2.75) is 38.9 Å². The van der Waals surface area contributed by atoms with Gasteiger partial charge in [-0.1, -0.05) is 48.3 Å². The summed E-state index contributed by atoms with van der Waals surface area (Å²) in [6, 6.07) is 7.47. The van der Waals surface area contributed by atoms with Crippen LogP contribution in [0.2, 0.25) is 0 Å². The Bertz CT molecular complexity index is 451. The minimum atomic E-state index is -2.97. The van der Waals surface area contributed by atoms with E-state index in [1.807, 2.05) is 24.3 Å². The molecule has 0 radical (unpaired) electrons. The maximum absolute atomic E-state index is 11.9. The van der Waals surface area contributed by atoms with Crippen LogP contribution >= 0.6 is 15.9 Å². The van der Waals surface area contributed by atoms with E-state index >= 15 is 0 Å². The molecule has 0 N–H and O–H groups in total. The highest BCUT2D eigenvalue weighted by Gasteiger charge is 2.12. The molecule has 0 saturated heterocycles. The number of sulfone groups is 1. The van der Waals surface area contributed by atoms with Crippen LogP contribution in [0.5, 0.6) is 0 Å². The summed E-state index contributed by atoms with van der Waals surface area (Å²) < 4.78 is 24.9. The molecule has 4 heteroatoms. The van der Waals surface area contributed by atoms with Crippen molar-refractivity contribution in [3.63, 3.8) is 0 Å². The van der Waals surface area contributed by atoms with Crippen molar-refractivity contribution in [3.8, 4) is 0 Å². The molecule has 0 aliphatic rings. The Morgan fingerprint density at radius 1 is 1.22 bits per heavy atom. The van der Waals surface area contributed by atoms with Crippen molar-refractivity contribution in [2.75, 3.05) is 5.75 Å². The van der Waals surface area contributed by atoms with Crippen LogP contribution in [0, 0.1) is 5.92 Å². The lowest BCUT2D eigenvalue weighted by molar-refractivity contribution is 0.505. The van der Waals surface area contributed by atoms with Crippen molar-refractivity contribution in [1.29, 1.82) is 0 Å². The summed E-state index contributed by atoms with van der Waals surface area (Å²) in [5.41, 5.74) is 0.863. The molecule has 0 aromatic heterocycles. The summed E-state index contributed by atoms with van der Waals surface area (Å²) in [5.74, 6) is 1.07. The van der Waals surface area contributed by atoms with Gasteiger partial charge in [0.2, 0.25) is 0 Å². The summed E-state index contributed by atoms with van der Waals surface area (Å²) in [6.45, 7) is 4.31. The van der Waals surface area contributed by atoms with E-state index in [4.69, 9.17) is 0 Å². The molecule has 0 saturated carbocycles. The molecule has 18 heavy (non-hydrogen) atoms. The summed E-state index contributed by atoms with van der Waals surface area (Å²) in [5, 5.41) is 0. The van der Waals surface area contributed by atoms with Crippen LogP contribution in [0.15, 0.2) is 28.7 Å². The van der Waals surface area contributed by atoms with Gasteiger partial charge in [-0.3, -0.25) is 0 Å². The first-order chi connectivity index (χ1) is 8.43. The lowest BCUT2D eigenvalue weighted by atomic mass is 10.0. The standard InChI is InChI=1S/C14H21BrO2S/c1-3-12(2)5-4-10-18(16,17)11-13-6-8-14(15)9-7-13/h6-9,12H,3-5,10-11H2,1-2H3/t12-/m1/s1. The molecule has 1 aromatic rings. The lowest BCUT2D eigenvalue weighted by Gasteiger charge is -2.08. The fourth-order valence-corrected chi connectivity index (χ4v) is 3.48. The van der Waals surface area contributed by atoms with Crippen LogP contribution in [-0.2, 0) is 15.6 Å². The first-order valence-corrected chi connectivity index (χ1v) is 8.99. The average Bonchev–Trinajstić information content (AvgIpc) is 2.31. The van der Waals surface area contributed by atoms with E-state index in [0.29, 0.717) is 11.7 Å². The average molecular weight is 333 g/mol. The topological polar surface area (TPSA) is 34.1 Å². The highest BCUT2D eigenvalue weighted by atomic mass is 79.9. The first-order valence-electron chi connectivity index (χ1n) is 6.38. The number of hydrogen-bond acceptors (Lipinski definition) is 2. The van der Waals surface area contributed by atoms with Gasteiger partial charge in [-0.05, 0) is 36.5 Å². The molecule has 1 aromatic carbocycles. The zero-order valence-corrected chi connectivity index (χ0v) is 13.4. The minimum absolute atomic E-state index is 0.154. The van der Waals surface area contributed by atoms with E-state index in [-0.39, 0.29) is 5.75 Å². The van der Waals surface area contributed by atoms with E-state index in [1.165, 1.54) is 0 Å². The summed E-state index contributed by atoms with van der Waals surface area (Å²) in [4.78, 5) is 0. The molecule has 2 nitrogen and oxygen atoms in total. The van der Waals surface area contributed by atoms with Crippen LogP contribution in [0.4, 0.5) is 0 Å². The third kappa shape index (κ3) is 6.01. The number of hydrogen-bond donors (Lipinski definition) is 0. The molecule has 0 bridgehead atoms. The predicted molar refractivity (Wildman–Crippen MR) is 80.3 cm³/mol. The van der Waals surface area contributed by atoms with Crippen molar-refractivity contribution in [3.05, 3.63) is 34.3 Å². The Balaban J connectivity index is 2.47. The SMILES string of the molecule is CC[C@@H](C)CCCS(=O)(=O)Cc1ccc(Br)cc1. The number of benzene rings is 1. The molecule has 0 heterocycles. The van der Waals surface area contributed by atoms with Gasteiger partial charge in [0.25, 0.3) is 0 Å². The molecular formula is C14H21BrO2S. The molecule has 0 unspecified atom stereocenters. The summed E-state index contributed by atoms with van der Waals surface area (Å²) in [7, 11) is -2.97. The van der Waals surface area contributed by atoms with E-state index in [1.54, 1.807) is 0 Å². The van der Waals surface area contributed by atoms with Crippen molar-refractivity contribution < 1.29 is 8.42 Å². The molecule has 1 atom stereocenters. The molecule has 0 aliphatic carbocycles. The molecule has 102 valence electrons. The Morgan fingerprint density at radius 2 is 1.83 bits per heavy atom. The van der Waals surface area contributed by atoms with Crippen LogP contribution in [0.3, 0.4) is 0 Å². The van der Waals surface area contributed by atoms with Crippen LogP contribution in [-0.4, -0.2) is 14.2 Å². The Labute approximate surface area is 119 Å². The second-order valence-electron chi connectivity index (χ2n) is 4.87. The zero-order chi connectivity index (χ0) is 13.6. The summed E-state index contributed by atoms with van der Waals surface area (Å²) >= 11 is 3.34. The van der Waals surface area contributed by atoms with Gasteiger partial charge in [0.05, 0.1) is 11.5 Å². The number of rotatable bonds is 7. The normalized spacial score (nSPS) is 13.5. The molecular weight excluding hydrogens is 312 g/mol. The second-order valence-corrected chi connectivity index (χ2v) is 7.97. The van der Waals surface area contributed by atoms with Crippen molar-refractivity contribution in [2.24, 2.45) is 5.92 Å². The maximum atomic E-state index is 11.9. The van der Waals surface area contributed by atoms with Crippen molar-refractivity contribution in [1.82, 2.24) is 0 Å². The van der Waals surface area contributed by atoms with E-state index in [9.17, 15) is 8.42 Å². The molecule has 0 spiro atoms. The van der Waals surface area contributed by atoms with E-state index < -0.39 is 9.84 Å². The highest BCUT2D eigenvalue weighted by molar-refractivity contribution is 9.10. The summed E-state index contributed by atoms with van der Waals surface area (Å²) in [6.07, 6.45) is 2.89. The number of halogens is 1. The maximum Gasteiger partial charge on any atom is 0.154 e. The fraction of sp³-hybridized carbons (Fsp3) is 0.571. The van der Waals surface area contributed by atoms with Gasteiger partial charge in [-0.2, -0.15) is 0 Å². The van der Waals surface area contributed by atoms with E-state index in [2.05, 4.69) is 29.8 Å². The lowest BCUT2D eigenvalue weighted by Crippen LogP contribution is -2.10. The quantitative estimate of drug-likeness (QED) is 0.750. The van der Waals surface area contributed by atoms with Gasteiger partial charge in [0.1, 0.15) is 0 Å². The third-order valence-corrected chi connectivity index (χ3v) is 5.36. The van der Waals surface area contributed by atoms with Gasteiger partial charge < -0.3 is 0 Å². The van der Waals surface area contributed by atoms with Gasteiger partial charge in [-0.15, -0.1) is 0 Å². The van der Waals surface area contributed by atoms with Crippen molar-refractivity contribution >= 4 is 25.8 Å². The monoisotopic (exact) mass is 332 g/mol. The van der Waals surface area contributed by atoms with Crippen LogP contribution < -0.4 is 0 Å². The van der Waals surface area contributed by atoms with Gasteiger partial charge >= 0.3 is 0 Å². The van der Waals surface area contributed by atoms with Gasteiger partial charge in [0.15, 0.2) is 9.84 Å². The minimum Gasteiger partial charge on any atom is -0.228 e.